The number of hydrogen-bond donors (Lipinski definition) is 0. The molecule has 0 amide bonds. The lowest BCUT2D eigenvalue weighted by atomic mass is 10.4. The SMILES string of the molecule is CSCOCCN1CCCC1. The summed E-state index contributed by atoms with van der Waals surface area (Å²) in [5, 5.41) is 0. The lowest BCUT2D eigenvalue weighted by Gasteiger charge is -2.13. The molecule has 11 heavy (non-hydrogen) atoms. The van der Waals surface area contributed by atoms with Gasteiger partial charge in [-0.1, -0.05) is 0 Å². The fourth-order valence-electron chi connectivity index (χ4n) is 1.34. The van der Waals surface area contributed by atoms with Crippen LogP contribution in [0.5, 0.6) is 0 Å². The average Bonchev–Trinajstić information content (AvgIpc) is 2.50. The van der Waals surface area contributed by atoms with Crippen molar-refractivity contribution in [3.8, 4) is 0 Å². The van der Waals surface area contributed by atoms with E-state index < -0.39 is 0 Å². The Morgan fingerprint density at radius 2 is 2.09 bits per heavy atom. The molecule has 0 unspecified atom stereocenters. The van der Waals surface area contributed by atoms with Crippen molar-refractivity contribution in [3.63, 3.8) is 0 Å². The minimum atomic E-state index is 0.841. The average molecular weight is 175 g/mol. The third kappa shape index (κ3) is 3.99. The van der Waals surface area contributed by atoms with Crippen molar-refractivity contribution in [3.05, 3.63) is 0 Å². The van der Waals surface area contributed by atoms with Crippen molar-refractivity contribution >= 4 is 11.8 Å². The fraction of sp³-hybridized carbons (Fsp3) is 1.00. The molecular formula is C8H17NOS. The first kappa shape index (κ1) is 9.36. The van der Waals surface area contributed by atoms with Crippen molar-refractivity contribution in [2.75, 3.05) is 38.4 Å². The van der Waals surface area contributed by atoms with Crippen molar-refractivity contribution in [1.29, 1.82) is 0 Å². The van der Waals surface area contributed by atoms with Crippen LogP contribution in [0.4, 0.5) is 0 Å². The standard InChI is InChI=1S/C8H17NOS/c1-11-8-10-7-6-9-4-2-3-5-9/h2-8H2,1H3. The zero-order chi connectivity index (χ0) is 7.94. The van der Waals surface area contributed by atoms with Crippen LogP contribution in [0.1, 0.15) is 12.8 Å². The summed E-state index contributed by atoms with van der Waals surface area (Å²) < 4.78 is 5.37. The third-order valence-corrected chi connectivity index (χ3v) is 2.35. The Balaban J connectivity index is 1.86. The van der Waals surface area contributed by atoms with Crippen LogP contribution in [0.3, 0.4) is 0 Å². The van der Waals surface area contributed by atoms with E-state index >= 15 is 0 Å². The molecule has 1 heterocycles. The van der Waals surface area contributed by atoms with Gasteiger partial charge in [-0.15, -0.1) is 11.8 Å². The lowest BCUT2D eigenvalue weighted by molar-refractivity contribution is 0.149. The molecule has 0 N–H and O–H groups in total. The van der Waals surface area contributed by atoms with Gasteiger partial charge in [0.05, 0.1) is 12.5 Å². The molecular weight excluding hydrogens is 158 g/mol. The van der Waals surface area contributed by atoms with E-state index in [0.717, 1.165) is 19.1 Å². The largest absolute Gasteiger partial charge is 0.370 e. The molecule has 0 aromatic rings. The van der Waals surface area contributed by atoms with Crippen LogP contribution in [0, 0.1) is 0 Å². The Bertz CT molecular complexity index is 94.1. The van der Waals surface area contributed by atoms with Gasteiger partial charge in [-0.2, -0.15) is 0 Å². The van der Waals surface area contributed by atoms with Gasteiger partial charge in [0.15, 0.2) is 0 Å². The summed E-state index contributed by atoms with van der Waals surface area (Å²) in [4.78, 5) is 2.47. The van der Waals surface area contributed by atoms with Gasteiger partial charge in [-0.25, -0.2) is 0 Å². The molecule has 66 valence electrons. The summed E-state index contributed by atoms with van der Waals surface area (Å²) in [7, 11) is 0. The highest BCUT2D eigenvalue weighted by Crippen LogP contribution is 2.06. The van der Waals surface area contributed by atoms with E-state index in [9.17, 15) is 0 Å². The Morgan fingerprint density at radius 3 is 2.73 bits per heavy atom. The second-order valence-corrected chi connectivity index (χ2v) is 3.68. The topological polar surface area (TPSA) is 12.5 Å². The van der Waals surface area contributed by atoms with Gasteiger partial charge in [0.1, 0.15) is 0 Å². The van der Waals surface area contributed by atoms with Gasteiger partial charge in [0.25, 0.3) is 0 Å². The first-order chi connectivity index (χ1) is 5.43. The molecule has 1 aliphatic heterocycles. The normalized spacial score (nSPS) is 19.4. The van der Waals surface area contributed by atoms with Crippen molar-refractivity contribution in [2.24, 2.45) is 0 Å². The molecule has 1 fully saturated rings. The van der Waals surface area contributed by atoms with Crippen LogP contribution >= 0.6 is 11.8 Å². The summed E-state index contributed by atoms with van der Waals surface area (Å²) in [5.74, 6) is 0.841. The number of likely N-dealkylation sites (tertiary alicyclic amines) is 1. The molecule has 0 bridgehead atoms. The summed E-state index contributed by atoms with van der Waals surface area (Å²) >= 11 is 1.74. The van der Waals surface area contributed by atoms with E-state index in [2.05, 4.69) is 11.2 Å². The molecule has 1 aliphatic rings. The van der Waals surface area contributed by atoms with Gasteiger partial charge >= 0.3 is 0 Å². The van der Waals surface area contributed by atoms with E-state index in [0.29, 0.717) is 0 Å². The van der Waals surface area contributed by atoms with Gasteiger partial charge in [0, 0.05) is 6.54 Å². The number of thioether (sulfide) groups is 1. The zero-order valence-corrected chi connectivity index (χ0v) is 8.03. The number of hydrogen-bond acceptors (Lipinski definition) is 3. The molecule has 0 aliphatic carbocycles. The second-order valence-electron chi connectivity index (χ2n) is 2.86. The Morgan fingerprint density at radius 1 is 1.36 bits per heavy atom. The molecule has 0 radical (unpaired) electrons. The molecule has 1 saturated heterocycles. The first-order valence-corrected chi connectivity index (χ1v) is 5.62. The van der Waals surface area contributed by atoms with E-state index in [-0.39, 0.29) is 0 Å². The highest BCUT2D eigenvalue weighted by molar-refractivity contribution is 7.98. The molecule has 1 rings (SSSR count). The van der Waals surface area contributed by atoms with E-state index in [1.54, 1.807) is 11.8 Å². The Labute approximate surface area is 73.3 Å². The van der Waals surface area contributed by atoms with E-state index in [4.69, 9.17) is 4.74 Å². The predicted octanol–water partition coefficient (Wildman–Crippen LogP) is 1.42. The molecule has 3 heteroatoms. The molecule has 0 saturated carbocycles. The predicted molar refractivity (Wildman–Crippen MR) is 50.0 cm³/mol. The van der Waals surface area contributed by atoms with E-state index in [1.807, 2.05) is 0 Å². The van der Waals surface area contributed by atoms with Gasteiger partial charge < -0.3 is 9.64 Å². The molecule has 0 atom stereocenters. The summed E-state index contributed by atoms with van der Waals surface area (Å²) in [6.07, 6.45) is 4.82. The van der Waals surface area contributed by atoms with Crippen LogP contribution in [0.15, 0.2) is 0 Å². The van der Waals surface area contributed by atoms with Crippen LogP contribution in [0.25, 0.3) is 0 Å². The number of nitrogens with zero attached hydrogens (tertiary/aromatic N) is 1. The maximum Gasteiger partial charge on any atom is 0.0918 e. The highest BCUT2D eigenvalue weighted by Gasteiger charge is 2.09. The lowest BCUT2D eigenvalue weighted by Crippen LogP contribution is -2.23. The molecule has 0 aromatic carbocycles. The maximum absolute atomic E-state index is 5.37. The second kappa shape index (κ2) is 5.86. The van der Waals surface area contributed by atoms with Crippen LogP contribution < -0.4 is 0 Å². The molecule has 0 aromatic heterocycles. The van der Waals surface area contributed by atoms with Gasteiger partial charge in [-0.05, 0) is 32.2 Å². The Kier molecular flexibility index (Phi) is 4.99. The summed E-state index contributed by atoms with van der Waals surface area (Å²) in [5.41, 5.74) is 0. The Hall–Kier alpha value is 0.270. The number of rotatable bonds is 5. The number of ether oxygens (including phenoxy) is 1. The summed E-state index contributed by atoms with van der Waals surface area (Å²) in [6, 6.07) is 0. The van der Waals surface area contributed by atoms with Crippen molar-refractivity contribution < 1.29 is 4.74 Å². The monoisotopic (exact) mass is 175 g/mol. The fourth-order valence-corrected chi connectivity index (χ4v) is 1.63. The van der Waals surface area contributed by atoms with Crippen molar-refractivity contribution in [1.82, 2.24) is 4.90 Å². The third-order valence-electron chi connectivity index (χ3n) is 1.95. The van der Waals surface area contributed by atoms with Crippen LogP contribution in [-0.4, -0.2) is 43.3 Å². The van der Waals surface area contributed by atoms with E-state index in [1.165, 1.54) is 25.9 Å². The smallest absolute Gasteiger partial charge is 0.0918 e. The van der Waals surface area contributed by atoms with Crippen molar-refractivity contribution in [2.45, 2.75) is 12.8 Å². The minimum Gasteiger partial charge on any atom is -0.370 e. The summed E-state index contributed by atoms with van der Waals surface area (Å²) in [6.45, 7) is 4.59. The quantitative estimate of drug-likeness (QED) is 0.463. The van der Waals surface area contributed by atoms with Crippen LogP contribution in [0.2, 0.25) is 0 Å². The minimum absolute atomic E-state index is 0.841. The molecule has 0 spiro atoms. The highest BCUT2D eigenvalue weighted by atomic mass is 32.2. The van der Waals surface area contributed by atoms with Crippen LogP contribution in [-0.2, 0) is 4.74 Å². The zero-order valence-electron chi connectivity index (χ0n) is 7.21. The maximum atomic E-state index is 5.37. The molecule has 2 nitrogen and oxygen atoms in total. The van der Waals surface area contributed by atoms with Gasteiger partial charge in [-0.3, -0.25) is 0 Å². The first-order valence-electron chi connectivity index (χ1n) is 4.22. The van der Waals surface area contributed by atoms with Gasteiger partial charge in [0.2, 0.25) is 0 Å².